The average Bonchev–Trinajstić information content (AvgIpc) is 2.37. The Labute approximate surface area is 118 Å². The fourth-order valence-corrected chi connectivity index (χ4v) is 4.34. The fourth-order valence-electron chi connectivity index (χ4n) is 2.78. The maximum atomic E-state index is 12.4. The highest BCUT2D eigenvalue weighted by Crippen LogP contribution is 2.20. The summed E-state index contributed by atoms with van der Waals surface area (Å²) in [5.41, 5.74) is 0. The number of hydrogen-bond donors (Lipinski definition) is 1. The predicted molar refractivity (Wildman–Crippen MR) is 72.2 cm³/mol. The zero-order valence-electron chi connectivity index (χ0n) is 11.5. The minimum Gasteiger partial charge on any atom is -0.481 e. The third-order valence-electron chi connectivity index (χ3n) is 4.03. The van der Waals surface area contributed by atoms with E-state index in [1.807, 2.05) is 0 Å². The number of hydrogen-bond acceptors (Lipinski definition) is 4. The van der Waals surface area contributed by atoms with E-state index in [4.69, 9.17) is 5.11 Å². The van der Waals surface area contributed by atoms with Gasteiger partial charge in [-0.2, -0.15) is 0 Å². The molecular formula is C12H20N2O5S. The Balaban J connectivity index is 1.94. The van der Waals surface area contributed by atoms with Gasteiger partial charge in [0.15, 0.2) is 9.84 Å². The Morgan fingerprint density at radius 1 is 1.15 bits per heavy atom. The molecule has 1 atom stereocenters. The molecule has 0 spiro atoms. The van der Waals surface area contributed by atoms with E-state index in [2.05, 4.69) is 0 Å². The quantitative estimate of drug-likeness (QED) is 0.737. The van der Waals surface area contributed by atoms with E-state index in [1.54, 1.807) is 16.7 Å². The van der Waals surface area contributed by atoms with Crippen LogP contribution in [-0.2, 0) is 14.6 Å². The van der Waals surface area contributed by atoms with Crippen LogP contribution in [0.1, 0.15) is 19.8 Å². The van der Waals surface area contributed by atoms with Gasteiger partial charge in [0.25, 0.3) is 0 Å². The number of amides is 2. The first-order valence-electron chi connectivity index (χ1n) is 6.79. The molecule has 2 fully saturated rings. The van der Waals surface area contributed by atoms with Crippen LogP contribution < -0.4 is 0 Å². The Kier molecular flexibility index (Phi) is 4.22. The van der Waals surface area contributed by atoms with Gasteiger partial charge in [-0.25, -0.2) is 13.2 Å². The summed E-state index contributed by atoms with van der Waals surface area (Å²) >= 11 is 0. The number of carboxylic acids is 1. The molecule has 1 unspecified atom stereocenters. The molecule has 0 aromatic carbocycles. The maximum Gasteiger partial charge on any atom is 0.320 e. The standard InChI is InChI=1S/C12H20N2O5S/c1-9-8-20(18,19)7-6-14(9)12(17)13-4-2-10(3-5-13)11(15)16/h9-10H,2-8H2,1H3,(H,15,16). The summed E-state index contributed by atoms with van der Waals surface area (Å²) in [6, 6.07) is -0.491. The molecule has 2 heterocycles. The van der Waals surface area contributed by atoms with Crippen molar-refractivity contribution < 1.29 is 23.1 Å². The van der Waals surface area contributed by atoms with Crippen molar-refractivity contribution in [3.05, 3.63) is 0 Å². The second kappa shape index (κ2) is 5.59. The normalized spacial score (nSPS) is 27.4. The number of nitrogens with zero attached hydrogens (tertiary/aromatic N) is 2. The highest BCUT2D eigenvalue weighted by atomic mass is 32.2. The molecule has 0 aliphatic carbocycles. The van der Waals surface area contributed by atoms with Crippen LogP contribution in [-0.4, -0.2) is 72.5 Å². The monoisotopic (exact) mass is 304 g/mol. The van der Waals surface area contributed by atoms with Crippen molar-refractivity contribution in [3.8, 4) is 0 Å². The first kappa shape index (κ1) is 15.1. The molecule has 20 heavy (non-hydrogen) atoms. The van der Waals surface area contributed by atoms with Gasteiger partial charge in [0.1, 0.15) is 0 Å². The van der Waals surface area contributed by atoms with Crippen LogP contribution in [0.15, 0.2) is 0 Å². The second-order valence-corrected chi connectivity index (χ2v) is 7.77. The Morgan fingerprint density at radius 3 is 2.25 bits per heavy atom. The number of carboxylic acid groups (broad SMARTS) is 1. The minimum atomic E-state index is -3.04. The molecule has 7 nitrogen and oxygen atoms in total. The maximum absolute atomic E-state index is 12.4. The van der Waals surface area contributed by atoms with Crippen LogP contribution in [0.4, 0.5) is 4.79 Å². The lowest BCUT2D eigenvalue weighted by Gasteiger charge is -2.39. The third-order valence-corrected chi connectivity index (χ3v) is 5.83. The van der Waals surface area contributed by atoms with E-state index in [0.717, 1.165) is 0 Å². The van der Waals surface area contributed by atoms with Gasteiger partial charge in [0, 0.05) is 25.7 Å². The molecule has 0 aromatic heterocycles. The Morgan fingerprint density at radius 2 is 1.75 bits per heavy atom. The van der Waals surface area contributed by atoms with Gasteiger partial charge in [0.2, 0.25) is 0 Å². The van der Waals surface area contributed by atoms with E-state index in [0.29, 0.717) is 25.9 Å². The summed E-state index contributed by atoms with van der Waals surface area (Å²) in [7, 11) is -3.04. The highest BCUT2D eigenvalue weighted by Gasteiger charge is 2.35. The minimum absolute atomic E-state index is 0.00430. The van der Waals surface area contributed by atoms with Gasteiger partial charge in [-0.05, 0) is 19.8 Å². The number of carbonyl (C=O) groups excluding carboxylic acids is 1. The van der Waals surface area contributed by atoms with E-state index in [1.165, 1.54) is 0 Å². The van der Waals surface area contributed by atoms with Crippen LogP contribution >= 0.6 is 0 Å². The van der Waals surface area contributed by atoms with Crippen molar-refractivity contribution in [3.63, 3.8) is 0 Å². The van der Waals surface area contributed by atoms with Crippen LogP contribution in [0, 0.1) is 5.92 Å². The first-order valence-corrected chi connectivity index (χ1v) is 8.61. The predicted octanol–water partition coefficient (Wildman–Crippen LogP) is 0.0219. The molecule has 8 heteroatoms. The summed E-state index contributed by atoms with van der Waals surface area (Å²) in [5, 5.41) is 8.93. The van der Waals surface area contributed by atoms with E-state index < -0.39 is 15.8 Å². The Hall–Kier alpha value is -1.31. The molecule has 1 N–H and O–H groups in total. The summed E-state index contributed by atoms with van der Waals surface area (Å²) < 4.78 is 23.0. The molecular weight excluding hydrogens is 284 g/mol. The van der Waals surface area contributed by atoms with Gasteiger partial charge in [-0.15, -0.1) is 0 Å². The first-order chi connectivity index (χ1) is 9.30. The summed E-state index contributed by atoms with van der Waals surface area (Å²) in [6.07, 6.45) is 0.920. The molecule has 2 amide bonds. The number of rotatable bonds is 1. The van der Waals surface area contributed by atoms with Crippen molar-refractivity contribution in [1.29, 1.82) is 0 Å². The van der Waals surface area contributed by atoms with E-state index >= 15 is 0 Å². The topological polar surface area (TPSA) is 95.0 Å². The van der Waals surface area contributed by atoms with Crippen molar-refractivity contribution in [2.24, 2.45) is 5.92 Å². The van der Waals surface area contributed by atoms with Crippen molar-refractivity contribution in [1.82, 2.24) is 9.80 Å². The molecule has 2 aliphatic rings. The highest BCUT2D eigenvalue weighted by molar-refractivity contribution is 7.91. The Bertz CT molecular complexity index is 496. The van der Waals surface area contributed by atoms with Gasteiger partial charge in [-0.3, -0.25) is 4.79 Å². The number of likely N-dealkylation sites (tertiary alicyclic amines) is 1. The number of urea groups is 1. The van der Waals surface area contributed by atoms with Gasteiger partial charge < -0.3 is 14.9 Å². The molecule has 0 aromatic rings. The van der Waals surface area contributed by atoms with Crippen LogP contribution in [0.2, 0.25) is 0 Å². The van der Waals surface area contributed by atoms with Crippen molar-refractivity contribution in [2.75, 3.05) is 31.1 Å². The fraction of sp³-hybridized carbons (Fsp3) is 0.833. The number of aliphatic carboxylic acids is 1. The second-order valence-electron chi connectivity index (χ2n) is 5.54. The van der Waals surface area contributed by atoms with Gasteiger partial charge >= 0.3 is 12.0 Å². The molecule has 114 valence electrons. The largest absolute Gasteiger partial charge is 0.481 e. The summed E-state index contributed by atoms with van der Waals surface area (Å²) in [4.78, 5) is 26.5. The zero-order chi connectivity index (χ0) is 14.9. The molecule has 0 radical (unpaired) electrons. The summed E-state index contributed by atoms with van der Waals surface area (Å²) in [5.74, 6) is -1.17. The van der Waals surface area contributed by atoms with Crippen LogP contribution in [0.3, 0.4) is 0 Å². The lowest BCUT2D eigenvalue weighted by atomic mass is 9.97. The lowest BCUT2D eigenvalue weighted by Crippen LogP contribution is -2.55. The molecule has 2 saturated heterocycles. The molecule has 2 rings (SSSR count). The average molecular weight is 304 g/mol. The van der Waals surface area contributed by atoms with Crippen molar-refractivity contribution in [2.45, 2.75) is 25.8 Å². The third kappa shape index (κ3) is 3.23. The summed E-state index contributed by atoms with van der Waals surface area (Å²) in [6.45, 7) is 2.80. The van der Waals surface area contributed by atoms with Crippen molar-refractivity contribution >= 4 is 21.8 Å². The lowest BCUT2D eigenvalue weighted by molar-refractivity contribution is -0.143. The zero-order valence-corrected chi connectivity index (χ0v) is 12.3. The van der Waals surface area contributed by atoms with E-state index in [9.17, 15) is 18.0 Å². The van der Waals surface area contributed by atoms with Gasteiger partial charge in [0.05, 0.1) is 17.4 Å². The van der Waals surface area contributed by atoms with Gasteiger partial charge in [-0.1, -0.05) is 0 Å². The van der Waals surface area contributed by atoms with E-state index in [-0.39, 0.29) is 36.0 Å². The SMILES string of the molecule is CC1CS(=O)(=O)CCN1C(=O)N1CCC(C(=O)O)CC1. The number of carbonyl (C=O) groups is 2. The number of piperidine rings is 1. The van der Waals surface area contributed by atoms with Crippen LogP contribution in [0.25, 0.3) is 0 Å². The molecule has 2 aliphatic heterocycles. The smallest absolute Gasteiger partial charge is 0.320 e. The molecule has 0 saturated carbocycles. The molecule has 0 bridgehead atoms. The van der Waals surface area contributed by atoms with Crippen LogP contribution in [0.5, 0.6) is 0 Å². The number of sulfone groups is 1.